The minimum atomic E-state index is -0.518. The zero-order valence-electron chi connectivity index (χ0n) is 20.7. The summed E-state index contributed by atoms with van der Waals surface area (Å²) in [5, 5.41) is 2.71. The summed E-state index contributed by atoms with van der Waals surface area (Å²) in [7, 11) is 3.25. The highest BCUT2D eigenvalue weighted by atomic mass is 19.1. The minimum Gasteiger partial charge on any atom is -0.491 e. The van der Waals surface area contributed by atoms with Gasteiger partial charge >= 0.3 is 0 Å². The van der Waals surface area contributed by atoms with E-state index in [2.05, 4.69) is 5.32 Å². The Hall–Kier alpha value is -3.46. The van der Waals surface area contributed by atoms with Crippen molar-refractivity contribution in [2.24, 2.45) is 5.92 Å². The van der Waals surface area contributed by atoms with Crippen LogP contribution in [0.5, 0.6) is 5.75 Å². The Morgan fingerprint density at radius 3 is 2.54 bits per heavy atom. The molecule has 1 aliphatic heterocycles. The average molecular weight is 486 g/mol. The molecule has 0 radical (unpaired) electrons. The molecule has 3 atom stereocenters. The first-order chi connectivity index (χ1) is 16.6. The quantitative estimate of drug-likeness (QED) is 0.720. The zero-order chi connectivity index (χ0) is 25.7. The molecule has 35 heavy (non-hydrogen) atoms. The molecule has 0 aliphatic carbocycles. The summed E-state index contributed by atoms with van der Waals surface area (Å²) in [6.07, 6.45) is -0.294. The molecule has 0 bridgehead atoms. The van der Waals surface area contributed by atoms with Gasteiger partial charge in [0.25, 0.3) is 11.8 Å². The van der Waals surface area contributed by atoms with E-state index in [9.17, 15) is 18.8 Å². The van der Waals surface area contributed by atoms with Gasteiger partial charge in [-0.25, -0.2) is 4.39 Å². The summed E-state index contributed by atoms with van der Waals surface area (Å²) >= 11 is 0. The average Bonchev–Trinajstić information content (AvgIpc) is 2.83. The Balaban J connectivity index is 1.94. The van der Waals surface area contributed by atoms with Crippen molar-refractivity contribution >= 4 is 23.4 Å². The summed E-state index contributed by atoms with van der Waals surface area (Å²) in [5.74, 6) is -1.08. The number of carbonyl (C=O) groups is 3. The van der Waals surface area contributed by atoms with Gasteiger partial charge in [-0.2, -0.15) is 0 Å². The molecule has 0 aromatic heterocycles. The number of amides is 3. The van der Waals surface area contributed by atoms with Crippen LogP contribution >= 0.6 is 0 Å². The highest BCUT2D eigenvalue weighted by Gasteiger charge is 2.29. The summed E-state index contributed by atoms with van der Waals surface area (Å²) in [4.78, 5) is 41.6. The van der Waals surface area contributed by atoms with Crippen LogP contribution in [0.1, 0.15) is 41.5 Å². The summed E-state index contributed by atoms with van der Waals surface area (Å²) in [5.41, 5.74) is 0.784. The van der Waals surface area contributed by atoms with Crippen molar-refractivity contribution in [1.82, 2.24) is 9.80 Å². The molecule has 0 saturated heterocycles. The molecule has 1 heterocycles. The second kappa shape index (κ2) is 11.3. The van der Waals surface area contributed by atoms with Gasteiger partial charge < -0.3 is 24.6 Å². The van der Waals surface area contributed by atoms with Crippen LogP contribution in [0.2, 0.25) is 0 Å². The van der Waals surface area contributed by atoms with E-state index in [1.807, 2.05) is 13.8 Å². The summed E-state index contributed by atoms with van der Waals surface area (Å²) < 4.78 is 25.2. The van der Waals surface area contributed by atoms with Crippen LogP contribution in [0.25, 0.3) is 0 Å². The number of carbonyl (C=O) groups excluding carboxylic acids is 3. The molecule has 1 aliphatic rings. The third kappa shape index (κ3) is 6.36. The van der Waals surface area contributed by atoms with E-state index in [0.717, 1.165) is 6.07 Å². The lowest BCUT2D eigenvalue weighted by Gasteiger charge is -2.35. The third-order valence-corrected chi connectivity index (χ3v) is 6.19. The van der Waals surface area contributed by atoms with Gasteiger partial charge in [0.05, 0.1) is 17.7 Å². The molecule has 2 aromatic rings. The van der Waals surface area contributed by atoms with Crippen molar-refractivity contribution in [3.63, 3.8) is 0 Å². The first-order valence-electron chi connectivity index (χ1n) is 11.5. The normalized spacial score (nSPS) is 21.3. The van der Waals surface area contributed by atoms with Crippen molar-refractivity contribution in [3.05, 3.63) is 59.4 Å². The molecular weight excluding hydrogens is 453 g/mol. The number of nitrogens with zero attached hydrogens (tertiary/aromatic N) is 2. The number of rotatable bonds is 3. The van der Waals surface area contributed by atoms with E-state index in [1.165, 1.54) is 36.1 Å². The van der Waals surface area contributed by atoms with Crippen LogP contribution in [0.15, 0.2) is 42.5 Å². The molecular formula is C26H32FN3O5. The SMILES string of the molecule is CO[C@@H]1CN(C)C(=O)c2cc(NC(=O)c3cccc(F)c3)ccc2OC[C@H](C)N(C(C)=O)C[C@H]1C. The summed E-state index contributed by atoms with van der Waals surface area (Å²) in [6, 6.07) is 9.87. The largest absolute Gasteiger partial charge is 0.491 e. The molecule has 9 heteroatoms. The molecule has 0 spiro atoms. The Bertz CT molecular complexity index is 1090. The Morgan fingerprint density at radius 2 is 1.89 bits per heavy atom. The maximum absolute atomic E-state index is 13.5. The maximum atomic E-state index is 13.5. The first-order valence-corrected chi connectivity index (χ1v) is 11.5. The molecule has 188 valence electrons. The topological polar surface area (TPSA) is 88.2 Å². The van der Waals surface area contributed by atoms with Crippen LogP contribution < -0.4 is 10.1 Å². The van der Waals surface area contributed by atoms with Crippen molar-refractivity contribution in [1.29, 1.82) is 0 Å². The van der Waals surface area contributed by atoms with E-state index in [1.54, 1.807) is 31.2 Å². The van der Waals surface area contributed by atoms with E-state index in [-0.39, 0.29) is 47.6 Å². The van der Waals surface area contributed by atoms with Crippen LogP contribution in [0.3, 0.4) is 0 Å². The smallest absolute Gasteiger partial charge is 0.257 e. The molecule has 0 saturated carbocycles. The molecule has 8 nitrogen and oxygen atoms in total. The fourth-order valence-corrected chi connectivity index (χ4v) is 4.13. The minimum absolute atomic E-state index is 0.0302. The molecule has 0 unspecified atom stereocenters. The van der Waals surface area contributed by atoms with Crippen LogP contribution in [-0.2, 0) is 9.53 Å². The fourth-order valence-electron chi connectivity index (χ4n) is 4.13. The number of anilines is 1. The molecule has 3 rings (SSSR count). The molecule has 0 fully saturated rings. The predicted molar refractivity (Wildman–Crippen MR) is 130 cm³/mol. The lowest BCUT2D eigenvalue weighted by Crippen LogP contribution is -2.48. The Morgan fingerprint density at radius 1 is 1.14 bits per heavy atom. The number of fused-ring (bicyclic) bond motifs is 1. The van der Waals surface area contributed by atoms with Gasteiger partial charge in [-0.3, -0.25) is 14.4 Å². The standard InChI is InChI=1S/C26H32FN3O5/c1-16-13-30(18(3)31)17(2)15-35-23-10-9-21(28-25(32)19-7-6-8-20(27)11-19)12-22(23)26(33)29(4)14-24(16)34-5/h6-12,16-17,24H,13-15H2,1-5H3,(H,28,32)/t16-,17+,24-/m1/s1. The van der Waals surface area contributed by atoms with Gasteiger partial charge in [0.2, 0.25) is 5.91 Å². The number of nitrogens with one attached hydrogen (secondary N) is 1. The number of hydrogen-bond donors (Lipinski definition) is 1. The highest BCUT2D eigenvalue weighted by molar-refractivity contribution is 6.05. The van der Waals surface area contributed by atoms with Gasteiger partial charge in [-0.1, -0.05) is 13.0 Å². The first kappa shape index (κ1) is 26.2. The number of methoxy groups -OCH3 is 1. The van der Waals surface area contributed by atoms with E-state index in [4.69, 9.17) is 9.47 Å². The fraction of sp³-hybridized carbons (Fsp3) is 0.423. The summed E-state index contributed by atoms with van der Waals surface area (Å²) in [6.45, 7) is 6.35. The van der Waals surface area contributed by atoms with Crippen LogP contribution in [-0.4, -0.2) is 73.5 Å². The van der Waals surface area contributed by atoms with E-state index >= 15 is 0 Å². The number of benzene rings is 2. The number of ether oxygens (including phenoxy) is 2. The van der Waals surface area contributed by atoms with Crippen molar-refractivity contribution in [2.45, 2.75) is 32.9 Å². The molecule has 1 N–H and O–H groups in total. The van der Waals surface area contributed by atoms with Crippen molar-refractivity contribution in [2.75, 3.05) is 39.2 Å². The third-order valence-electron chi connectivity index (χ3n) is 6.19. The second-order valence-corrected chi connectivity index (χ2v) is 8.94. The molecule has 2 aromatic carbocycles. The lowest BCUT2D eigenvalue weighted by atomic mass is 10.0. The number of hydrogen-bond acceptors (Lipinski definition) is 5. The van der Waals surface area contributed by atoms with E-state index in [0.29, 0.717) is 24.5 Å². The van der Waals surface area contributed by atoms with Crippen LogP contribution in [0.4, 0.5) is 10.1 Å². The predicted octanol–water partition coefficient (Wildman–Crippen LogP) is 3.43. The van der Waals surface area contributed by atoms with Gasteiger partial charge in [0, 0.05) is 51.3 Å². The monoisotopic (exact) mass is 485 g/mol. The lowest BCUT2D eigenvalue weighted by molar-refractivity contribution is -0.133. The maximum Gasteiger partial charge on any atom is 0.257 e. The number of likely N-dealkylation sites (N-methyl/N-ethyl adjacent to an activating group) is 1. The van der Waals surface area contributed by atoms with Gasteiger partial charge in [0.1, 0.15) is 18.2 Å². The van der Waals surface area contributed by atoms with Gasteiger partial charge in [-0.15, -0.1) is 0 Å². The highest BCUT2D eigenvalue weighted by Crippen LogP contribution is 2.27. The zero-order valence-corrected chi connectivity index (χ0v) is 20.7. The van der Waals surface area contributed by atoms with Crippen molar-refractivity contribution in [3.8, 4) is 5.75 Å². The molecule has 3 amide bonds. The van der Waals surface area contributed by atoms with E-state index < -0.39 is 11.7 Å². The Kier molecular flexibility index (Phi) is 8.45. The van der Waals surface area contributed by atoms with Gasteiger partial charge in [-0.05, 0) is 43.3 Å². The second-order valence-electron chi connectivity index (χ2n) is 8.94. The Labute approximate surface area is 205 Å². The number of halogens is 1. The van der Waals surface area contributed by atoms with Gasteiger partial charge in [0.15, 0.2) is 0 Å². The van der Waals surface area contributed by atoms with Crippen LogP contribution in [0, 0.1) is 11.7 Å². The van der Waals surface area contributed by atoms with Crippen molar-refractivity contribution < 1.29 is 28.2 Å².